The van der Waals surface area contributed by atoms with Crippen molar-refractivity contribution in [2.24, 2.45) is 0 Å². The maximum Gasteiger partial charge on any atom is 0.260 e. The van der Waals surface area contributed by atoms with Crippen molar-refractivity contribution in [2.75, 3.05) is 19.7 Å². The molecule has 0 spiro atoms. The normalized spacial score (nSPS) is 14.5. The highest BCUT2D eigenvalue weighted by molar-refractivity contribution is 5.78. The number of ether oxygens (including phenoxy) is 1. The Bertz CT molecular complexity index is 827. The number of aryl methyl sites for hydroxylation is 3. The molecule has 1 aliphatic rings. The number of amides is 2. The second-order valence-corrected chi connectivity index (χ2v) is 7.74. The summed E-state index contributed by atoms with van der Waals surface area (Å²) in [5, 5.41) is 3.11. The van der Waals surface area contributed by atoms with Gasteiger partial charge in [0, 0.05) is 25.6 Å². The second-order valence-electron chi connectivity index (χ2n) is 7.74. The summed E-state index contributed by atoms with van der Waals surface area (Å²) >= 11 is 0. The summed E-state index contributed by atoms with van der Waals surface area (Å²) in [7, 11) is 0. The van der Waals surface area contributed by atoms with E-state index >= 15 is 0 Å². The maximum absolute atomic E-state index is 12.4. The van der Waals surface area contributed by atoms with E-state index in [1.54, 1.807) is 0 Å². The van der Waals surface area contributed by atoms with Crippen LogP contribution in [0.5, 0.6) is 5.75 Å². The van der Waals surface area contributed by atoms with Crippen LogP contribution in [0.2, 0.25) is 0 Å². The first-order chi connectivity index (χ1) is 14.0. The van der Waals surface area contributed by atoms with Crippen LogP contribution >= 0.6 is 0 Å². The van der Waals surface area contributed by atoms with E-state index in [0.29, 0.717) is 19.5 Å². The van der Waals surface area contributed by atoms with Gasteiger partial charge in [0.25, 0.3) is 5.91 Å². The summed E-state index contributed by atoms with van der Waals surface area (Å²) < 4.78 is 5.66. The third kappa shape index (κ3) is 6.34. The summed E-state index contributed by atoms with van der Waals surface area (Å²) in [6, 6.07) is 16.0. The average Bonchev–Trinajstić information content (AvgIpc) is 2.74. The van der Waals surface area contributed by atoms with Gasteiger partial charge >= 0.3 is 0 Å². The fourth-order valence-electron chi connectivity index (χ4n) is 3.52. The number of nitrogens with zero attached hydrogens (tertiary/aromatic N) is 1. The minimum Gasteiger partial charge on any atom is -0.484 e. The van der Waals surface area contributed by atoms with Crippen LogP contribution in [-0.2, 0) is 16.0 Å². The van der Waals surface area contributed by atoms with Crippen LogP contribution in [0.4, 0.5) is 0 Å². The average molecular weight is 395 g/mol. The molecule has 1 N–H and O–H groups in total. The molecule has 5 nitrogen and oxygen atoms in total. The quantitative estimate of drug-likeness (QED) is 0.783. The Morgan fingerprint density at radius 3 is 2.45 bits per heavy atom. The number of carbonyl (C=O) groups excluding carboxylic acids is 2. The minimum atomic E-state index is -0.00270. The van der Waals surface area contributed by atoms with Crippen LogP contribution in [0.25, 0.3) is 0 Å². The predicted octanol–water partition coefficient (Wildman–Crippen LogP) is 3.42. The van der Waals surface area contributed by atoms with E-state index in [2.05, 4.69) is 12.2 Å². The zero-order valence-corrected chi connectivity index (χ0v) is 17.3. The first-order valence-electron chi connectivity index (χ1n) is 10.3. The van der Waals surface area contributed by atoms with Crippen molar-refractivity contribution in [1.29, 1.82) is 0 Å². The van der Waals surface area contributed by atoms with Crippen LogP contribution < -0.4 is 10.1 Å². The Labute approximate surface area is 173 Å². The van der Waals surface area contributed by atoms with Gasteiger partial charge in [0.05, 0.1) is 0 Å². The molecule has 1 saturated heterocycles. The monoisotopic (exact) mass is 394 g/mol. The van der Waals surface area contributed by atoms with Gasteiger partial charge in [-0.05, 0) is 61.9 Å². The maximum atomic E-state index is 12.4. The lowest BCUT2D eigenvalue weighted by Crippen LogP contribution is -2.47. The van der Waals surface area contributed by atoms with Crippen LogP contribution in [0, 0.1) is 13.8 Å². The second kappa shape index (κ2) is 10.1. The number of benzene rings is 2. The van der Waals surface area contributed by atoms with Crippen LogP contribution in [0.3, 0.4) is 0 Å². The molecule has 1 aliphatic heterocycles. The highest BCUT2D eigenvalue weighted by Gasteiger charge is 2.24. The van der Waals surface area contributed by atoms with Crippen molar-refractivity contribution in [2.45, 2.75) is 45.6 Å². The van der Waals surface area contributed by atoms with Crippen LogP contribution in [0.1, 0.15) is 36.0 Å². The summed E-state index contributed by atoms with van der Waals surface area (Å²) in [6.45, 7) is 5.44. The zero-order valence-electron chi connectivity index (χ0n) is 17.3. The third-order valence-electron chi connectivity index (χ3n) is 5.54. The smallest absolute Gasteiger partial charge is 0.260 e. The molecule has 29 heavy (non-hydrogen) atoms. The highest BCUT2D eigenvalue weighted by atomic mass is 16.5. The van der Waals surface area contributed by atoms with Crippen LogP contribution in [0.15, 0.2) is 48.5 Å². The topological polar surface area (TPSA) is 58.6 Å². The van der Waals surface area contributed by atoms with E-state index in [9.17, 15) is 9.59 Å². The molecule has 0 unspecified atom stereocenters. The molecule has 2 amide bonds. The van der Waals surface area contributed by atoms with E-state index in [4.69, 9.17) is 4.74 Å². The van der Waals surface area contributed by atoms with Crippen molar-refractivity contribution in [1.82, 2.24) is 10.2 Å². The minimum absolute atomic E-state index is 0.00270. The number of piperidine rings is 1. The molecule has 0 atom stereocenters. The van der Waals surface area contributed by atoms with Gasteiger partial charge in [0.2, 0.25) is 5.91 Å². The Balaban J connectivity index is 1.36. The molecular weight excluding hydrogens is 364 g/mol. The fourth-order valence-corrected chi connectivity index (χ4v) is 3.52. The van der Waals surface area contributed by atoms with Gasteiger partial charge < -0.3 is 15.0 Å². The van der Waals surface area contributed by atoms with Crippen molar-refractivity contribution < 1.29 is 14.3 Å². The van der Waals surface area contributed by atoms with Gasteiger partial charge in [0.1, 0.15) is 5.75 Å². The Kier molecular flexibility index (Phi) is 7.28. The van der Waals surface area contributed by atoms with Crippen molar-refractivity contribution in [3.05, 3.63) is 65.2 Å². The number of carbonyl (C=O) groups is 2. The predicted molar refractivity (Wildman–Crippen MR) is 114 cm³/mol. The summed E-state index contributed by atoms with van der Waals surface area (Å²) in [5.74, 6) is 0.802. The molecule has 3 rings (SSSR count). The van der Waals surface area contributed by atoms with E-state index < -0.39 is 0 Å². The lowest BCUT2D eigenvalue weighted by atomic mass is 10.0. The molecule has 154 valence electrons. The van der Waals surface area contributed by atoms with Gasteiger partial charge in [-0.2, -0.15) is 0 Å². The SMILES string of the molecule is Cc1ccc(OCC(=O)N2CCC(NC(=O)CCc3ccccc3)CC2)cc1C. The molecule has 0 aromatic heterocycles. The standard InChI is InChI=1S/C24H30N2O3/c1-18-8-10-22(16-19(18)2)29-17-24(28)26-14-12-21(13-15-26)25-23(27)11-9-20-6-4-3-5-7-20/h3-8,10,16,21H,9,11-15,17H2,1-2H3,(H,25,27). The molecule has 0 radical (unpaired) electrons. The molecule has 2 aromatic carbocycles. The van der Waals surface area contributed by atoms with Crippen molar-refractivity contribution >= 4 is 11.8 Å². The van der Waals surface area contributed by atoms with E-state index in [0.717, 1.165) is 30.6 Å². The van der Waals surface area contributed by atoms with Gasteiger partial charge in [-0.3, -0.25) is 9.59 Å². The van der Waals surface area contributed by atoms with Gasteiger partial charge in [-0.1, -0.05) is 36.4 Å². The number of hydrogen-bond donors (Lipinski definition) is 1. The Morgan fingerprint density at radius 2 is 1.76 bits per heavy atom. The number of rotatable bonds is 7. The highest BCUT2D eigenvalue weighted by Crippen LogP contribution is 2.17. The first-order valence-corrected chi connectivity index (χ1v) is 10.3. The first kappa shape index (κ1) is 20.9. The Morgan fingerprint density at radius 1 is 1.03 bits per heavy atom. The molecule has 1 fully saturated rings. The number of hydrogen-bond acceptors (Lipinski definition) is 3. The summed E-state index contributed by atoms with van der Waals surface area (Å²) in [4.78, 5) is 26.5. The van der Waals surface area contributed by atoms with E-state index in [-0.39, 0.29) is 24.5 Å². The number of nitrogens with one attached hydrogen (secondary N) is 1. The largest absolute Gasteiger partial charge is 0.484 e. The molecule has 5 heteroatoms. The molecule has 1 heterocycles. The Hall–Kier alpha value is -2.82. The molecule has 0 saturated carbocycles. The lowest BCUT2D eigenvalue weighted by Gasteiger charge is -2.32. The molecule has 2 aromatic rings. The van der Waals surface area contributed by atoms with Crippen molar-refractivity contribution in [3.63, 3.8) is 0 Å². The van der Waals surface area contributed by atoms with Gasteiger partial charge in [-0.25, -0.2) is 0 Å². The van der Waals surface area contributed by atoms with E-state index in [1.165, 1.54) is 11.1 Å². The summed E-state index contributed by atoms with van der Waals surface area (Å²) in [6.07, 6.45) is 2.81. The third-order valence-corrected chi connectivity index (χ3v) is 5.54. The number of likely N-dealkylation sites (tertiary alicyclic amines) is 1. The van der Waals surface area contributed by atoms with Gasteiger partial charge in [-0.15, -0.1) is 0 Å². The van der Waals surface area contributed by atoms with Crippen LogP contribution in [-0.4, -0.2) is 42.5 Å². The molecule has 0 bridgehead atoms. The van der Waals surface area contributed by atoms with Crippen molar-refractivity contribution in [3.8, 4) is 5.75 Å². The van der Waals surface area contributed by atoms with E-state index in [1.807, 2.05) is 60.4 Å². The van der Waals surface area contributed by atoms with Gasteiger partial charge in [0.15, 0.2) is 6.61 Å². The molecule has 0 aliphatic carbocycles. The lowest BCUT2D eigenvalue weighted by molar-refractivity contribution is -0.134. The molecular formula is C24H30N2O3. The fraction of sp³-hybridized carbons (Fsp3) is 0.417. The zero-order chi connectivity index (χ0) is 20.6. The summed E-state index contributed by atoms with van der Waals surface area (Å²) in [5.41, 5.74) is 3.53.